The fraction of sp³-hybridized carbons (Fsp3) is 0.286. The Morgan fingerprint density at radius 2 is 1.79 bits per heavy atom. The molecule has 0 aromatic carbocycles. The molecule has 1 unspecified atom stereocenters. The largest absolute Gasteiger partial charge is 0.421 e. The molecular formula is C21H20F3N5O3S. The number of nitrogens with one attached hydrogen (secondary N) is 1. The first kappa shape index (κ1) is 22.9. The number of alkyl halides is 3. The first-order valence-corrected chi connectivity index (χ1v) is 11.4. The van der Waals surface area contributed by atoms with E-state index in [2.05, 4.69) is 20.3 Å². The molecule has 0 bridgehead atoms. The lowest BCUT2D eigenvalue weighted by molar-refractivity contribution is -0.259. The SMILES string of the molecule is CC(O)(c1ccc(-c2ccc(S(=O)(=O)c3ccc(N)nc3)nc2NC2CC2)nc1)C(F)(F)F. The van der Waals surface area contributed by atoms with Crippen LogP contribution in [-0.4, -0.2) is 40.7 Å². The van der Waals surface area contributed by atoms with Crippen molar-refractivity contribution in [2.24, 2.45) is 0 Å². The van der Waals surface area contributed by atoms with Gasteiger partial charge in [-0.25, -0.2) is 18.4 Å². The lowest BCUT2D eigenvalue weighted by atomic mass is 9.96. The van der Waals surface area contributed by atoms with Gasteiger partial charge in [0.25, 0.3) is 0 Å². The fourth-order valence-electron chi connectivity index (χ4n) is 3.00. The van der Waals surface area contributed by atoms with Gasteiger partial charge in [0.15, 0.2) is 10.6 Å². The number of hydrogen-bond acceptors (Lipinski definition) is 8. The Hall–Kier alpha value is -3.25. The van der Waals surface area contributed by atoms with Crippen LogP contribution in [0, 0.1) is 0 Å². The van der Waals surface area contributed by atoms with Crippen LogP contribution >= 0.6 is 0 Å². The van der Waals surface area contributed by atoms with Gasteiger partial charge in [0.2, 0.25) is 9.84 Å². The van der Waals surface area contributed by atoms with E-state index < -0.39 is 27.2 Å². The summed E-state index contributed by atoms with van der Waals surface area (Å²) in [5, 5.41) is 12.8. The van der Waals surface area contributed by atoms with E-state index in [0.29, 0.717) is 12.5 Å². The quantitative estimate of drug-likeness (QED) is 0.491. The van der Waals surface area contributed by atoms with Crippen LogP contribution in [0.1, 0.15) is 25.3 Å². The molecule has 3 aromatic rings. The second-order valence-corrected chi connectivity index (χ2v) is 9.79. The molecule has 33 heavy (non-hydrogen) atoms. The maximum absolute atomic E-state index is 13.1. The Morgan fingerprint density at radius 1 is 1.06 bits per heavy atom. The minimum Gasteiger partial charge on any atom is -0.384 e. The average molecular weight is 479 g/mol. The summed E-state index contributed by atoms with van der Waals surface area (Å²) in [4.78, 5) is 12.1. The van der Waals surface area contributed by atoms with Gasteiger partial charge in [0, 0.05) is 29.6 Å². The van der Waals surface area contributed by atoms with E-state index in [-0.39, 0.29) is 33.3 Å². The third-order valence-electron chi connectivity index (χ3n) is 5.29. The molecule has 4 N–H and O–H groups in total. The number of nitrogens with two attached hydrogens (primary N) is 1. The molecule has 174 valence electrons. The molecule has 1 fully saturated rings. The molecule has 1 aliphatic rings. The Morgan fingerprint density at radius 3 is 2.33 bits per heavy atom. The minimum atomic E-state index is -4.87. The summed E-state index contributed by atoms with van der Waals surface area (Å²) < 4.78 is 65.3. The summed E-state index contributed by atoms with van der Waals surface area (Å²) >= 11 is 0. The maximum atomic E-state index is 13.1. The standard InChI is InChI=1S/C21H20F3N5O3S/c1-20(30,21(22,23)24)12-2-7-16(26-10-12)15-6-9-18(29-19(15)28-13-3-4-13)33(31,32)14-5-8-17(25)27-11-14/h2,5-11,13,30H,3-4H2,1H3,(H2,25,27)(H,28,29). The van der Waals surface area contributed by atoms with Gasteiger partial charge in [-0.3, -0.25) is 4.98 Å². The van der Waals surface area contributed by atoms with E-state index in [1.54, 1.807) is 0 Å². The monoisotopic (exact) mass is 479 g/mol. The third-order valence-corrected chi connectivity index (χ3v) is 6.93. The van der Waals surface area contributed by atoms with Crippen LogP contribution in [0.25, 0.3) is 11.3 Å². The predicted molar refractivity (Wildman–Crippen MR) is 114 cm³/mol. The highest BCUT2D eigenvalue weighted by molar-refractivity contribution is 7.91. The van der Waals surface area contributed by atoms with Crippen molar-refractivity contribution < 1.29 is 26.7 Å². The molecule has 12 heteroatoms. The second kappa shape index (κ2) is 7.96. The van der Waals surface area contributed by atoms with Crippen molar-refractivity contribution in [3.8, 4) is 11.3 Å². The van der Waals surface area contributed by atoms with Crippen LogP contribution < -0.4 is 11.1 Å². The highest BCUT2D eigenvalue weighted by Gasteiger charge is 2.51. The number of aromatic nitrogens is 3. The number of sulfone groups is 1. The van der Waals surface area contributed by atoms with Crippen LogP contribution in [0.3, 0.4) is 0 Å². The zero-order valence-electron chi connectivity index (χ0n) is 17.3. The number of hydrogen-bond donors (Lipinski definition) is 3. The highest BCUT2D eigenvalue weighted by atomic mass is 32.2. The molecule has 0 spiro atoms. The van der Waals surface area contributed by atoms with Crippen molar-refractivity contribution in [1.29, 1.82) is 0 Å². The summed E-state index contributed by atoms with van der Waals surface area (Å²) in [5.74, 6) is 0.414. The number of nitrogen functional groups attached to an aromatic ring is 1. The van der Waals surface area contributed by atoms with Crippen LogP contribution in [0.4, 0.5) is 24.8 Å². The fourth-order valence-corrected chi connectivity index (χ4v) is 4.14. The van der Waals surface area contributed by atoms with Crippen molar-refractivity contribution in [2.75, 3.05) is 11.1 Å². The number of pyridine rings is 3. The summed E-state index contributed by atoms with van der Waals surface area (Å²) in [6.45, 7) is 0.650. The third kappa shape index (κ3) is 4.48. The second-order valence-electron chi connectivity index (χ2n) is 7.89. The van der Waals surface area contributed by atoms with E-state index in [4.69, 9.17) is 5.73 Å². The topological polar surface area (TPSA) is 131 Å². The Bertz CT molecular complexity index is 1270. The minimum absolute atomic E-state index is 0.0776. The zero-order chi connectivity index (χ0) is 24.0. The molecule has 1 atom stereocenters. The van der Waals surface area contributed by atoms with Crippen molar-refractivity contribution in [2.45, 2.75) is 47.5 Å². The van der Waals surface area contributed by atoms with Gasteiger partial charge in [-0.05, 0) is 50.1 Å². The number of rotatable bonds is 6. The van der Waals surface area contributed by atoms with E-state index in [1.165, 1.54) is 30.3 Å². The first-order chi connectivity index (χ1) is 15.4. The average Bonchev–Trinajstić information content (AvgIpc) is 3.57. The molecule has 8 nitrogen and oxygen atoms in total. The maximum Gasteiger partial charge on any atom is 0.421 e. The van der Waals surface area contributed by atoms with Gasteiger partial charge in [0.05, 0.1) is 10.6 Å². The predicted octanol–water partition coefficient (Wildman–Crippen LogP) is 3.30. The van der Waals surface area contributed by atoms with Gasteiger partial charge in [-0.1, -0.05) is 6.07 Å². The van der Waals surface area contributed by atoms with E-state index in [1.807, 2.05) is 0 Å². The normalized spacial score (nSPS) is 16.3. The molecule has 3 heterocycles. The summed E-state index contributed by atoms with van der Waals surface area (Å²) in [7, 11) is -3.98. The van der Waals surface area contributed by atoms with Crippen LogP contribution in [0.2, 0.25) is 0 Å². The summed E-state index contributed by atoms with van der Waals surface area (Å²) in [6.07, 6.45) is -1.04. The van der Waals surface area contributed by atoms with Crippen LogP contribution in [0.15, 0.2) is 58.7 Å². The van der Waals surface area contributed by atoms with Crippen molar-refractivity contribution in [3.05, 3.63) is 54.4 Å². The first-order valence-electron chi connectivity index (χ1n) is 9.90. The molecule has 4 rings (SSSR count). The molecule has 1 saturated carbocycles. The van der Waals surface area contributed by atoms with E-state index in [0.717, 1.165) is 31.3 Å². The number of anilines is 2. The zero-order valence-corrected chi connectivity index (χ0v) is 18.2. The van der Waals surface area contributed by atoms with Gasteiger partial charge in [0.1, 0.15) is 11.6 Å². The molecule has 0 radical (unpaired) electrons. The molecular weight excluding hydrogens is 459 g/mol. The van der Waals surface area contributed by atoms with Crippen molar-refractivity contribution >= 4 is 21.5 Å². The van der Waals surface area contributed by atoms with Crippen LogP contribution in [0.5, 0.6) is 0 Å². The number of halogens is 3. The Kier molecular flexibility index (Phi) is 5.53. The van der Waals surface area contributed by atoms with E-state index in [9.17, 15) is 26.7 Å². The molecule has 0 aliphatic heterocycles. The van der Waals surface area contributed by atoms with E-state index >= 15 is 0 Å². The Balaban J connectivity index is 1.73. The lowest BCUT2D eigenvalue weighted by Gasteiger charge is -2.26. The van der Waals surface area contributed by atoms with Gasteiger partial charge in [-0.2, -0.15) is 13.2 Å². The molecule has 0 saturated heterocycles. The number of aliphatic hydroxyl groups is 1. The molecule has 0 amide bonds. The van der Waals surface area contributed by atoms with Crippen molar-refractivity contribution in [1.82, 2.24) is 15.0 Å². The van der Waals surface area contributed by atoms with Gasteiger partial charge < -0.3 is 16.2 Å². The molecule has 1 aliphatic carbocycles. The van der Waals surface area contributed by atoms with Crippen LogP contribution in [-0.2, 0) is 15.4 Å². The highest BCUT2D eigenvalue weighted by Crippen LogP contribution is 2.39. The number of nitrogens with zero attached hydrogens (tertiary/aromatic N) is 3. The summed E-state index contributed by atoms with van der Waals surface area (Å²) in [5.41, 5.74) is 2.73. The molecule has 3 aromatic heterocycles. The van der Waals surface area contributed by atoms with Crippen molar-refractivity contribution in [3.63, 3.8) is 0 Å². The summed E-state index contributed by atoms with van der Waals surface area (Å²) in [6, 6.07) is 8.03. The van der Waals surface area contributed by atoms with Gasteiger partial charge >= 0.3 is 6.18 Å². The lowest BCUT2D eigenvalue weighted by Crippen LogP contribution is -2.39. The van der Waals surface area contributed by atoms with Gasteiger partial charge in [-0.15, -0.1) is 0 Å². The smallest absolute Gasteiger partial charge is 0.384 e. The Labute approximate surface area is 187 Å².